The standard InChI is InChI=1S/C17H22N4O/c1-13-11-16(21-9-5-6-10-21)20-17(19-13)18-12-14-7-3-4-8-15(14)22-2/h3-4,7-8,11H,5-6,9-10,12H2,1-2H3,(H,18,19,20). The fourth-order valence-electron chi connectivity index (χ4n) is 2.76. The van der Waals surface area contributed by atoms with Gasteiger partial charge in [0.05, 0.1) is 7.11 Å². The molecule has 1 saturated heterocycles. The normalized spacial score (nSPS) is 14.2. The van der Waals surface area contributed by atoms with Crippen LogP contribution in [0.25, 0.3) is 0 Å². The zero-order chi connectivity index (χ0) is 15.4. The summed E-state index contributed by atoms with van der Waals surface area (Å²) in [4.78, 5) is 11.5. The third-order valence-corrected chi connectivity index (χ3v) is 3.90. The summed E-state index contributed by atoms with van der Waals surface area (Å²) in [6.45, 7) is 4.83. The van der Waals surface area contributed by atoms with E-state index in [1.807, 2.05) is 31.2 Å². The Hall–Kier alpha value is -2.30. The Morgan fingerprint density at radius 2 is 1.95 bits per heavy atom. The zero-order valence-corrected chi connectivity index (χ0v) is 13.2. The highest BCUT2D eigenvalue weighted by Gasteiger charge is 2.15. The third kappa shape index (κ3) is 3.30. The molecule has 0 amide bonds. The number of hydrogen-bond donors (Lipinski definition) is 1. The van der Waals surface area contributed by atoms with Crippen LogP contribution in [0.4, 0.5) is 11.8 Å². The van der Waals surface area contributed by atoms with Crippen LogP contribution in [-0.4, -0.2) is 30.2 Å². The van der Waals surface area contributed by atoms with E-state index in [-0.39, 0.29) is 0 Å². The van der Waals surface area contributed by atoms with Crippen molar-refractivity contribution in [1.82, 2.24) is 9.97 Å². The molecular weight excluding hydrogens is 276 g/mol. The fourth-order valence-corrected chi connectivity index (χ4v) is 2.76. The van der Waals surface area contributed by atoms with Gasteiger partial charge in [0, 0.05) is 37.0 Å². The number of benzene rings is 1. The van der Waals surface area contributed by atoms with Crippen LogP contribution in [0.1, 0.15) is 24.1 Å². The molecule has 1 fully saturated rings. The molecule has 1 aromatic heterocycles. The van der Waals surface area contributed by atoms with Crippen molar-refractivity contribution in [2.75, 3.05) is 30.4 Å². The van der Waals surface area contributed by atoms with Gasteiger partial charge in [0.1, 0.15) is 11.6 Å². The van der Waals surface area contributed by atoms with Crippen molar-refractivity contribution in [3.8, 4) is 5.75 Å². The molecule has 0 bridgehead atoms. The molecule has 1 N–H and O–H groups in total. The number of nitrogens with one attached hydrogen (secondary N) is 1. The van der Waals surface area contributed by atoms with E-state index in [1.54, 1.807) is 7.11 Å². The first-order valence-electron chi connectivity index (χ1n) is 7.72. The quantitative estimate of drug-likeness (QED) is 0.919. The van der Waals surface area contributed by atoms with E-state index in [4.69, 9.17) is 4.74 Å². The van der Waals surface area contributed by atoms with Gasteiger partial charge in [0.15, 0.2) is 0 Å². The van der Waals surface area contributed by atoms with Crippen molar-refractivity contribution in [2.45, 2.75) is 26.3 Å². The molecule has 2 aromatic rings. The van der Waals surface area contributed by atoms with Crippen molar-refractivity contribution >= 4 is 11.8 Å². The van der Waals surface area contributed by atoms with Crippen molar-refractivity contribution in [3.63, 3.8) is 0 Å². The lowest BCUT2D eigenvalue weighted by molar-refractivity contribution is 0.410. The monoisotopic (exact) mass is 298 g/mol. The van der Waals surface area contributed by atoms with Crippen LogP contribution in [0.2, 0.25) is 0 Å². The maximum atomic E-state index is 5.37. The van der Waals surface area contributed by atoms with Crippen LogP contribution >= 0.6 is 0 Å². The van der Waals surface area contributed by atoms with Crippen LogP contribution < -0.4 is 15.0 Å². The molecule has 5 heteroatoms. The van der Waals surface area contributed by atoms with E-state index >= 15 is 0 Å². The van der Waals surface area contributed by atoms with Gasteiger partial charge in [-0.2, -0.15) is 4.98 Å². The second-order valence-electron chi connectivity index (χ2n) is 5.55. The largest absolute Gasteiger partial charge is 0.496 e. The third-order valence-electron chi connectivity index (χ3n) is 3.90. The first-order chi connectivity index (χ1) is 10.8. The number of aryl methyl sites for hydroxylation is 1. The van der Waals surface area contributed by atoms with Gasteiger partial charge in [-0.25, -0.2) is 4.98 Å². The first-order valence-corrected chi connectivity index (χ1v) is 7.72. The highest BCUT2D eigenvalue weighted by Crippen LogP contribution is 2.21. The lowest BCUT2D eigenvalue weighted by Gasteiger charge is -2.18. The van der Waals surface area contributed by atoms with E-state index in [0.29, 0.717) is 12.5 Å². The van der Waals surface area contributed by atoms with Gasteiger partial charge >= 0.3 is 0 Å². The molecule has 1 aliphatic heterocycles. The summed E-state index contributed by atoms with van der Waals surface area (Å²) in [7, 11) is 1.69. The van der Waals surface area contributed by atoms with Crippen LogP contribution in [0.3, 0.4) is 0 Å². The van der Waals surface area contributed by atoms with Gasteiger partial charge in [-0.3, -0.25) is 0 Å². The number of rotatable bonds is 5. The molecule has 1 aromatic carbocycles. The van der Waals surface area contributed by atoms with Gasteiger partial charge in [0.2, 0.25) is 5.95 Å². The molecule has 0 atom stereocenters. The SMILES string of the molecule is COc1ccccc1CNc1nc(C)cc(N2CCCC2)n1. The fraction of sp³-hybridized carbons (Fsp3) is 0.412. The molecule has 0 spiro atoms. The van der Waals surface area contributed by atoms with E-state index in [9.17, 15) is 0 Å². The van der Waals surface area contributed by atoms with Crippen LogP contribution in [0, 0.1) is 6.92 Å². The van der Waals surface area contributed by atoms with Gasteiger partial charge in [0.25, 0.3) is 0 Å². The zero-order valence-electron chi connectivity index (χ0n) is 13.2. The minimum absolute atomic E-state index is 0.646. The Morgan fingerprint density at radius 3 is 2.73 bits per heavy atom. The molecule has 0 saturated carbocycles. The van der Waals surface area contributed by atoms with Crippen molar-refractivity contribution in [1.29, 1.82) is 0 Å². The second-order valence-corrected chi connectivity index (χ2v) is 5.55. The minimum atomic E-state index is 0.646. The predicted molar refractivity (Wildman–Crippen MR) is 88.5 cm³/mol. The molecular formula is C17H22N4O. The maximum Gasteiger partial charge on any atom is 0.225 e. The summed E-state index contributed by atoms with van der Waals surface area (Å²) in [5, 5.41) is 3.31. The summed E-state index contributed by atoms with van der Waals surface area (Å²) in [5.41, 5.74) is 2.08. The molecule has 2 heterocycles. The summed E-state index contributed by atoms with van der Waals surface area (Å²) in [6.07, 6.45) is 2.49. The molecule has 0 unspecified atom stereocenters. The topological polar surface area (TPSA) is 50.3 Å². The molecule has 0 aliphatic carbocycles. The number of nitrogens with zero attached hydrogens (tertiary/aromatic N) is 3. The number of hydrogen-bond acceptors (Lipinski definition) is 5. The number of aromatic nitrogens is 2. The van der Waals surface area contributed by atoms with E-state index in [1.165, 1.54) is 12.8 Å². The number of methoxy groups -OCH3 is 1. The maximum absolute atomic E-state index is 5.37. The average molecular weight is 298 g/mol. The molecule has 1 aliphatic rings. The van der Waals surface area contributed by atoms with Crippen LogP contribution in [0.5, 0.6) is 5.75 Å². The van der Waals surface area contributed by atoms with Crippen LogP contribution in [-0.2, 0) is 6.54 Å². The summed E-state index contributed by atoms with van der Waals surface area (Å²) >= 11 is 0. The lowest BCUT2D eigenvalue weighted by Crippen LogP contribution is -2.20. The van der Waals surface area contributed by atoms with Crippen molar-refractivity contribution < 1.29 is 4.74 Å². The number of para-hydroxylation sites is 1. The Labute approximate surface area is 131 Å². The average Bonchev–Trinajstić information content (AvgIpc) is 3.07. The Bertz CT molecular complexity index is 638. The molecule has 3 rings (SSSR count). The number of ether oxygens (including phenoxy) is 1. The smallest absolute Gasteiger partial charge is 0.225 e. The Morgan fingerprint density at radius 1 is 1.18 bits per heavy atom. The lowest BCUT2D eigenvalue weighted by atomic mass is 10.2. The Balaban J connectivity index is 1.74. The van der Waals surface area contributed by atoms with Crippen molar-refractivity contribution in [2.24, 2.45) is 0 Å². The van der Waals surface area contributed by atoms with E-state index < -0.39 is 0 Å². The summed E-state index contributed by atoms with van der Waals surface area (Å²) in [6, 6.07) is 10.0. The minimum Gasteiger partial charge on any atom is -0.496 e. The highest BCUT2D eigenvalue weighted by atomic mass is 16.5. The highest BCUT2D eigenvalue weighted by molar-refractivity contribution is 5.46. The van der Waals surface area contributed by atoms with Gasteiger partial charge in [-0.05, 0) is 25.8 Å². The molecule has 5 nitrogen and oxygen atoms in total. The van der Waals surface area contributed by atoms with E-state index in [2.05, 4.69) is 26.3 Å². The van der Waals surface area contributed by atoms with Gasteiger partial charge < -0.3 is 15.0 Å². The summed E-state index contributed by atoms with van der Waals surface area (Å²) in [5.74, 6) is 2.57. The van der Waals surface area contributed by atoms with E-state index in [0.717, 1.165) is 35.9 Å². The van der Waals surface area contributed by atoms with Crippen molar-refractivity contribution in [3.05, 3.63) is 41.6 Å². The summed E-state index contributed by atoms with van der Waals surface area (Å²) < 4.78 is 5.37. The predicted octanol–water partition coefficient (Wildman–Crippen LogP) is 3.01. The van der Waals surface area contributed by atoms with Gasteiger partial charge in [-0.15, -0.1) is 0 Å². The Kier molecular flexibility index (Phi) is 4.42. The first kappa shape index (κ1) is 14.6. The van der Waals surface area contributed by atoms with Crippen LogP contribution in [0.15, 0.2) is 30.3 Å². The molecule has 22 heavy (non-hydrogen) atoms. The molecule has 0 radical (unpaired) electrons. The van der Waals surface area contributed by atoms with Gasteiger partial charge in [-0.1, -0.05) is 18.2 Å². The number of anilines is 2. The second kappa shape index (κ2) is 6.64. The molecule has 116 valence electrons.